The average molecular weight is 543 g/mol. The van der Waals surface area contributed by atoms with E-state index in [-0.39, 0.29) is 29.1 Å². The van der Waals surface area contributed by atoms with Gasteiger partial charge >= 0.3 is 18.0 Å². The largest absolute Gasteiger partial charge is 0.463 e. The van der Waals surface area contributed by atoms with Crippen LogP contribution in [0.4, 0.5) is 16.2 Å². The van der Waals surface area contributed by atoms with Crippen molar-refractivity contribution in [2.75, 3.05) is 31.2 Å². The topological polar surface area (TPSA) is 140 Å². The van der Waals surface area contributed by atoms with Gasteiger partial charge in [-0.1, -0.05) is 19.9 Å². The molecule has 202 valence electrons. The van der Waals surface area contributed by atoms with E-state index >= 15 is 0 Å². The predicted octanol–water partition coefficient (Wildman–Crippen LogP) is 4.17. The normalized spacial score (nSPS) is 21.4. The SMILES string of the molecule is CCOC(=O)C1=C(COC(=O)c2ccc(N3C[C@H](C)C[C@@H](C)C3)c([N+](=O)[O-])c2)NC(=O)N[C@@H]1c1cccs1. The summed E-state index contributed by atoms with van der Waals surface area (Å²) >= 11 is 1.35. The summed E-state index contributed by atoms with van der Waals surface area (Å²) in [6.07, 6.45) is 1.05. The number of esters is 2. The minimum absolute atomic E-state index is 0.00749. The summed E-state index contributed by atoms with van der Waals surface area (Å²) in [5, 5.41) is 18.9. The molecule has 0 bridgehead atoms. The summed E-state index contributed by atoms with van der Waals surface area (Å²) in [5.74, 6) is -0.697. The molecule has 2 aliphatic heterocycles. The van der Waals surface area contributed by atoms with E-state index < -0.39 is 35.5 Å². The zero-order valence-corrected chi connectivity index (χ0v) is 22.2. The minimum Gasteiger partial charge on any atom is -0.463 e. The summed E-state index contributed by atoms with van der Waals surface area (Å²) in [5.41, 5.74) is 0.478. The van der Waals surface area contributed by atoms with Crippen LogP contribution in [0.1, 0.15) is 48.5 Å². The molecule has 2 aromatic rings. The second-order valence-corrected chi connectivity index (χ2v) is 10.5. The molecule has 2 N–H and O–H groups in total. The lowest BCUT2D eigenvalue weighted by Gasteiger charge is -2.36. The van der Waals surface area contributed by atoms with Crippen LogP contribution in [0.5, 0.6) is 0 Å². The number of urea groups is 1. The quantitative estimate of drug-likeness (QED) is 0.288. The van der Waals surface area contributed by atoms with Crippen molar-refractivity contribution < 1.29 is 28.8 Å². The second kappa shape index (κ2) is 11.6. The standard InChI is InChI=1S/C26H30N4O7S/c1-4-36-25(32)22-18(27-26(33)28-23(22)21-6-5-9-38-21)14-37-24(31)17-7-8-19(20(11-17)30(34)35)29-12-15(2)10-16(3)13-29/h5-9,11,15-16,23H,4,10,12-14H2,1-3H3,(H2,27,28,33)/t15-,16-,23-/m1/s1. The number of amides is 2. The molecule has 38 heavy (non-hydrogen) atoms. The number of carbonyl (C=O) groups excluding carboxylic acids is 3. The maximum atomic E-state index is 12.9. The molecule has 12 heteroatoms. The lowest BCUT2D eigenvalue weighted by atomic mass is 9.91. The smallest absolute Gasteiger partial charge is 0.338 e. The molecule has 1 aromatic carbocycles. The number of nitrogens with zero attached hydrogens (tertiary/aromatic N) is 2. The highest BCUT2D eigenvalue weighted by molar-refractivity contribution is 7.10. The van der Waals surface area contributed by atoms with Gasteiger partial charge in [0.25, 0.3) is 5.69 Å². The van der Waals surface area contributed by atoms with Gasteiger partial charge in [-0.05, 0) is 48.8 Å². The number of nitro groups is 1. The number of rotatable bonds is 8. The third kappa shape index (κ3) is 5.96. The second-order valence-electron chi connectivity index (χ2n) is 9.55. The van der Waals surface area contributed by atoms with Gasteiger partial charge in [-0.3, -0.25) is 10.1 Å². The van der Waals surface area contributed by atoms with Gasteiger partial charge in [0.1, 0.15) is 12.3 Å². The Hall–Kier alpha value is -3.93. The van der Waals surface area contributed by atoms with Crippen LogP contribution in [0.2, 0.25) is 0 Å². The molecule has 0 radical (unpaired) electrons. The summed E-state index contributed by atoms with van der Waals surface area (Å²) < 4.78 is 10.6. The van der Waals surface area contributed by atoms with Gasteiger partial charge in [0.2, 0.25) is 0 Å². The van der Waals surface area contributed by atoms with Crippen LogP contribution in [0.3, 0.4) is 0 Å². The van der Waals surface area contributed by atoms with E-state index in [0.717, 1.165) is 6.42 Å². The Morgan fingerprint density at radius 2 is 1.89 bits per heavy atom. The molecule has 2 amide bonds. The number of ether oxygens (including phenoxy) is 2. The number of piperidine rings is 1. The van der Waals surface area contributed by atoms with E-state index in [2.05, 4.69) is 24.5 Å². The minimum atomic E-state index is -0.823. The molecule has 0 saturated carbocycles. The Bertz CT molecular complexity index is 1250. The Labute approximate surface area is 223 Å². The number of carbonyl (C=O) groups is 3. The molecule has 1 aromatic heterocycles. The van der Waals surface area contributed by atoms with Crippen molar-refractivity contribution in [3.8, 4) is 0 Å². The maximum Gasteiger partial charge on any atom is 0.338 e. The van der Waals surface area contributed by atoms with Gasteiger partial charge in [-0.15, -0.1) is 11.3 Å². The number of nitrogens with one attached hydrogen (secondary N) is 2. The van der Waals surface area contributed by atoms with Crippen LogP contribution < -0.4 is 15.5 Å². The van der Waals surface area contributed by atoms with Gasteiger partial charge in [0.05, 0.1) is 34.4 Å². The fraction of sp³-hybridized carbons (Fsp3) is 0.423. The van der Waals surface area contributed by atoms with E-state index in [1.165, 1.54) is 23.5 Å². The van der Waals surface area contributed by atoms with Gasteiger partial charge in [-0.2, -0.15) is 0 Å². The molecule has 0 unspecified atom stereocenters. The summed E-state index contributed by atoms with van der Waals surface area (Å²) in [6.45, 7) is 6.96. The van der Waals surface area contributed by atoms with E-state index in [1.54, 1.807) is 25.1 Å². The molecule has 1 fully saturated rings. The molecule has 2 aliphatic rings. The molecule has 0 aliphatic carbocycles. The molecular formula is C26H30N4O7S. The summed E-state index contributed by atoms with van der Waals surface area (Å²) in [4.78, 5) is 52.1. The van der Waals surface area contributed by atoms with E-state index in [4.69, 9.17) is 9.47 Å². The lowest BCUT2D eigenvalue weighted by Crippen LogP contribution is -2.46. The fourth-order valence-corrected chi connectivity index (χ4v) is 5.78. The van der Waals surface area contributed by atoms with Crippen molar-refractivity contribution in [1.29, 1.82) is 0 Å². The van der Waals surface area contributed by atoms with Crippen LogP contribution in [-0.4, -0.2) is 49.2 Å². The first-order valence-corrected chi connectivity index (χ1v) is 13.3. The number of benzene rings is 1. The van der Waals surface area contributed by atoms with Gasteiger partial charge in [-0.25, -0.2) is 14.4 Å². The van der Waals surface area contributed by atoms with Gasteiger partial charge in [0, 0.05) is 24.0 Å². The lowest BCUT2D eigenvalue weighted by molar-refractivity contribution is -0.384. The Kier molecular flexibility index (Phi) is 8.30. The zero-order valence-electron chi connectivity index (χ0n) is 21.4. The summed E-state index contributed by atoms with van der Waals surface area (Å²) in [6, 6.07) is 6.50. The molecule has 1 saturated heterocycles. The summed E-state index contributed by atoms with van der Waals surface area (Å²) in [7, 11) is 0. The van der Waals surface area contributed by atoms with Crippen molar-refractivity contribution in [2.24, 2.45) is 11.8 Å². The maximum absolute atomic E-state index is 12.9. The number of nitro benzene ring substituents is 1. The molecule has 3 atom stereocenters. The highest BCUT2D eigenvalue weighted by Gasteiger charge is 2.35. The van der Waals surface area contributed by atoms with Crippen LogP contribution in [0.25, 0.3) is 0 Å². The third-order valence-electron chi connectivity index (χ3n) is 6.44. The zero-order chi connectivity index (χ0) is 27.4. The van der Waals surface area contributed by atoms with Crippen molar-refractivity contribution >= 4 is 40.7 Å². The van der Waals surface area contributed by atoms with Crippen LogP contribution in [0.15, 0.2) is 47.0 Å². The van der Waals surface area contributed by atoms with E-state index in [9.17, 15) is 24.5 Å². The van der Waals surface area contributed by atoms with E-state index in [1.807, 2.05) is 10.3 Å². The molecular weight excluding hydrogens is 512 g/mol. The molecule has 4 rings (SSSR count). The fourth-order valence-electron chi connectivity index (χ4n) is 5.00. The highest BCUT2D eigenvalue weighted by Crippen LogP contribution is 2.34. The van der Waals surface area contributed by atoms with Gasteiger partial charge in [0.15, 0.2) is 0 Å². The third-order valence-corrected chi connectivity index (χ3v) is 7.38. The number of anilines is 1. The molecule has 11 nitrogen and oxygen atoms in total. The first-order valence-electron chi connectivity index (χ1n) is 12.4. The number of hydrogen-bond donors (Lipinski definition) is 2. The molecule has 0 spiro atoms. The first kappa shape index (κ1) is 27.1. The first-order chi connectivity index (χ1) is 18.2. The number of hydrogen-bond acceptors (Lipinski definition) is 9. The van der Waals surface area contributed by atoms with Crippen molar-refractivity contribution in [2.45, 2.75) is 33.2 Å². The molecule has 3 heterocycles. The Morgan fingerprint density at radius 3 is 2.53 bits per heavy atom. The number of thiophene rings is 1. The predicted molar refractivity (Wildman–Crippen MR) is 141 cm³/mol. The Morgan fingerprint density at radius 1 is 1.16 bits per heavy atom. The van der Waals surface area contributed by atoms with E-state index in [0.29, 0.717) is 35.5 Å². The van der Waals surface area contributed by atoms with Crippen molar-refractivity contribution in [3.05, 3.63) is 67.5 Å². The highest BCUT2D eigenvalue weighted by atomic mass is 32.1. The van der Waals surface area contributed by atoms with Crippen molar-refractivity contribution in [3.63, 3.8) is 0 Å². The van der Waals surface area contributed by atoms with Crippen LogP contribution >= 0.6 is 11.3 Å². The Balaban J connectivity index is 1.58. The monoisotopic (exact) mass is 542 g/mol. The van der Waals surface area contributed by atoms with Gasteiger partial charge < -0.3 is 25.0 Å². The van der Waals surface area contributed by atoms with Crippen LogP contribution in [-0.2, 0) is 14.3 Å². The van der Waals surface area contributed by atoms with Crippen molar-refractivity contribution in [1.82, 2.24) is 10.6 Å². The average Bonchev–Trinajstić information content (AvgIpc) is 3.41. The van der Waals surface area contributed by atoms with Crippen LogP contribution in [0, 0.1) is 22.0 Å².